The second-order valence-electron chi connectivity index (χ2n) is 7.02. The molecule has 0 radical (unpaired) electrons. The molecule has 2 aromatic rings. The minimum atomic E-state index is 0.347. The predicted molar refractivity (Wildman–Crippen MR) is 107 cm³/mol. The minimum absolute atomic E-state index is 0.347. The molecule has 2 aliphatic heterocycles. The minimum Gasteiger partial charge on any atom is -0.497 e. The molecule has 2 aromatic carbocycles. The van der Waals surface area contributed by atoms with E-state index in [4.69, 9.17) is 9.47 Å². The van der Waals surface area contributed by atoms with E-state index in [-0.39, 0.29) is 0 Å². The van der Waals surface area contributed by atoms with E-state index in [1.165, 1.54) is 16.8 Å². The summed E-state index contributed by atoms with van der Waals surface area (Å²) in [5, 5.41) is 6.92. The Morgan fingerprint density at radius 1 is 1.22 bits per heavy atom. The van der Waals surface area contributed by atoms with E-state index in [1.54, 1.807) is 7.11 Å². The van der Waals surface area contributed by atoms with E-state index in [0.717, 1.165) is 50.7 Å². The summed E-state index contributed by atoms with van der Waals surface area (Å²) in [6, 6.07) is 16.9. The summed E-state index contributed by atoms with van der Waals surface area (Å²) < 4.78 is 11.4. The van der Waals surface area contributed by atoms with Crippen LogP contribution in [0.15, 0.2) is 60.4 Å². The lowest BCUT2D eigenvalue weighted by Crippen LogP contribution is -2.43. The van der Waals surface area contributed by atoms with Gasteiger partial charge in [0.05, 0.1) is 19.8 Å². The molecule has 142 valence electrons. The Morgan fingerprint density at radius 3 is 2.96 bits per heavy atom. The third kappa shape index (κ3) is 4.19. The van der Waals surface area contributed by atoms with Gasteiger partial charge >= 0.3 is 0 Å². The molecule has 0 saturated heterocycles. The van der Waals surface area contributed by atoms with Crippen LogP contribution in [0, 0.1) is 0 Å². The molecule has 0 aromatic heterocycles. The molecule has 1 atom stereocenters. The molecule has 0 aliphatic carbocycles. The second kappa shape index (κ2) is 8.35. The molecule has 5 nitrogen and oxygen atoms in total. The topological polar surface area (TPSA) is 45.8 Å². The van der Waals surface area contributed by atoms with Crippen LogP contribution in [0.1, 0.15) is 17.5 Å². The Labute approximate surface area is 161 Å². The van der Waals surface area contributed by atoms with Crippen LogP contribution in [0.3, 0.4) is 0 Å². The third-order valence-electron chi connectivity index (χ3n) is 5.22. The first kappa shape index (κ1) is 17.7. The number of benzene rings is 2. The maximum absolute atomic E-state index is 6.01. The van der Waals surface area contributed by atoms with Gasteiger partial charge < -0.3 is 25.0 Å². The van der Waals surface area contributed by atoms with Crippen LogP contribution >= 0.6 is 0 Å². The summed E-state index contributed by atoms with van der Waals surface area (Å²) in [5.41, 5.74) is 3.88. The average Bonchev–Trinajstić information content (AvgIpc) is 3.19. The van der Waals surface area contributed by atoms with Crippen molar-refractivity contribution in [3.63, 3.8) is 0 Å². The molecule has 0 bridgehead atoms. The predicted octanol–water partition coefficient (Wildman–Crippen LogP) is 2.88. The zero-order valence-corrected chi connectivity index (χ0v) is 15.8. The van der Waals surface area contributed by atoms with Crippen LogP contribution in [-0.2, 0) is 13.0 Å². The molecule has 27 heavy (non-hydrogen) atoms. The maximum atomic E-state index is 6.01. The van der Waals surface area contributed by atoms with Gasteiger partial charge in [-0.15, -0.1) is 0 Å². The van der Waals surface area contributed by atoms with E-state index in [9.17, 15) is 0 Å². The zero-order valence-electron chi connectivity index (χ0n) is 15.8. The molecule has 0 saturated carbocycles. The number of methoxy groups -OCH3 is 1. The molecule has 0 amide bonds. The quantitative estimate of drug-likeness (QED) is 0.739. The van der Waals surface area contributed by atoms with Crippen LogP contribution < -0.4 is 20.1 Å². The third-order valence-corrected chi connectivity index (χ3v) is 5.22. The van der Waals surface area contributed by atoms with Gasteiger partial charge in [0, 0.05) is 31.4 Å². The van der Waals surface area contributed by atoms with Crippen LogP contribution in [0.2, 0.25) is 0 Å². The summed E-state index contributed by atoms with van der Waals surface area (Å²) >= 11 is 0. The van der Waals surface area contributed by atoms with Gasteiger partial charge in [-0.25, -0.2) is 0 Å². The van der Waals surface area contributed by atoms with Crippen molar-refractivity contribution in [2.45, 2.75) is 25.4 Å². The highest BCUT2D eigenvalue weighted by Gasteiger charge is 2.28. The first-order valence-electron chi connectivity index (χ1n) is 9.57. The number of ether oxygens (including phenoxy) is 2. The van der Waals surface area contributed by atoms with Gasteiger partial charge in [-0.05, 0) is 35.7 Å². The lowest BCUT2D eigenvalue weighted by atomic mass is 10.0. The first-order valence-corrected chi connectivity index (χ1v) is 9.57. The number of hydrogen-bond donors (Lipinski definition) is 2. The lowest BCUT2D eigenvalue weighted by Gasteiger charge is -2.35. The van der Waals surface area contributed by atoms with Crippen molar-refractivity contribution in [2.24, 2.45) is 0 Å². The van der Waals surface area contributed by atoms with Crippen LogP contribution in [0.25, 0.3) is 0 Å². The van der Waals surface area contributed by atoms with Crippen LogP contribution in [-0.4, -0.2) is 37.9 Å². The highest BCUT2D eigenvalue weighted by Crippen LogP contribution is 2.31. The van der Waals surface area contributed by atoms with Crippen molar-refractivity contribution >= 4 is 0 Å². The van der Waals surface area contributed by atoms with Crippen molar-refractivity contribution in [3.8, 4) is 11.5 Å². The normalized spacial score (nSPS) is 18.3. The highest BCUT2D eigenvalue weighted by molar-refractivity contribution is 5.42. The molecule has 0 unspecified atom stereocenters. The SMILES string of the molecule is COc1ccc2c(c1)C[C@@H](N1CNC=C1CCNCc1ccccc1)CO2. The van der Waals surface area contributed by atoms with E-state index in [1.807, 2.05) is 12.1 Å². The van der Waals surface area contributed by atoms with Gasteiger partial charge in [-0.2, -0.15) is 0 Å². The fourth-order valence-corrected chi connectivity index (χ4v) is 3.75. The smallest absolute Gasteiger partial charge is 0.122 e. The average molecular weight is 365 g/mol. The molecule has 0 spiro atoms. The Balaban J connectivity index is 1.31. The Hall–Kier alpha value is -2.66. The van der Waals surface area contributed by atoms with E-state index in [2.05, 4.69) is 58.1 Å². The zero-order chi connectivity index (χ0) is 18.5. The summed E-state index contributed by atoms with van der Waals surface area (Å²) in [6.07, 6.45) is 4.12. The summed E-state index contributed by atoms with van der Waals surface area (Å²) in [6.45, 7) is 3.43. The summed E-state index contributed by atoms with van der Waals surface area (Å²) in [4.78, 5) is 2.44. The van der Waals surface area contributed by atoms with Crippen molar-refractivity contribution in [3.05, 3.63) is 71.6 Å². The van der Waals surface area contributed by atoms with Gasteiger partial charge in [0.1, 0.15) is 18.1 Å². The lowest BCUT2D eigenvalue weighted by molar-refractivity contribution is 0.151. The maximum Gasteiger partial charge on any atom is 0.122 e. The van der Waals surface area contributed by atoms with Crippen LogP contribution in [0.4, 0.5) is 0 Å². The molecule has 2 heterocycles. The molecular formula is C22H27N3O2. The van der Waals surface area contributed by atoms with Gasteiger partial charge in [0.2, 0.25) is 0 Å². The Kier molecular flexibility index (Phi) is 5.49. The fourth-order valence-electron chi connectivity index (χ4n) is 3.75. The monoisotopic (exact) mass is 365 g/mol. The largest absolute Gasteiger partial charge is 0.497 e. The second-order valence-corrected chi connectivity index (χ2v) is 7.02. The molecule has 4 rings (SSSR count). The first-order chi connectivity index (χ1) is 13.3. The molecule has 5 heteroatoms. The number of fused-ring (bicyclic) bond motifs is 1. The fraction of sp³-hybridized carbons (Fsp3) is 0.364. The molecule has 0 fully saturated rings. The van der Waals surface area contributed by atoms with E-state index in [0.29, 0.717) is 6.04 Å². The number of rotatable bonds is 7. The standard InChI is InChI=1S/C22H27N3O2/c1-26-21-7-8-22-18(12-21)11-20(15-27-22)25-16-24-14-19(25)9-10-23-13-17-5-3-2-4-6-17/h2-8,12,14,20,23-24H,9-11,13,15-16H2,1H3/t20-/m1/s1. The Bertz CT molecular complexity index is 791. The number of hydrogen-bond acceptors (Lipinski definition) is 5. The molecule has 2 N–H and O–H groups in total. The van der Waals surface area contributed by atoms with Crippen LogP contribution in [0.5, 0.6) is 11.5 Å². The van der Waals surface area contributed by atoms with Crippen molar-refractivity contribution < 1.29 is 9.47 Å². The van der Waals surface area contributed by atoms with Gasteiger partial charge in [-0.3, -0.25) is 0 Å². The number of nitrogens with zero attached hydrogens (tertiary/aromatic N) is 1. The Morgan fingerprint density at radius 2 is 2.11 bits per heavy atom. The molecular weight excluding hydrogens is 338 g/mol. The summed E-state index contributed by atoms with van der Waals surface area (Å²) in [5.74, 6) is 1.87. The number of nitrogens with one attached hydrogen (secondary N) is 2. The van der Waals surface area contributed by atoms with E-state index >= 15 is 0 Å². The van der Waals surface area contributed by atoms with Gasteiger partial charge in [-0.1, -0.05) is 30.3 Å². The van der Waals surface area contributed by atoms with Gasteiger partial charge in [0.15, 0.2) is 0 Å². The highest BCUT2D eigenvalue weighted by atomic mass is 16.5. The van der Waals surface area contributed by atoms with Crippen molar-refractivity contribution in [2.75, 3.05) is 26.9 Å². The summed E-state index contributed by atoms with van der Waals surface area (Å²) in [7, 11) is 1.70. The van der Waals surface area contributed by atoms with Crippen molar-refractivity contribution in [1.29, 1.82) is 0 Å². The van der Waals surface area contributed by atoms with Gasteiger partial charge in [0.25, 0.3) is 0 Å². The molecule has 2 aliphatic rings. The van der Waals surface area contributed by atoms with E-state index < -0.39 is 0 Å². The van der Waals surface area contributed by atoms with Crippen molar-refractivity contribution in [1.82, 2.24) is 15.5 Å².